The van der Waals surface area contributed by atoms with Crippen molar-refractivity contribution in [1.29, 1.82) is 0 Å². The SMILES string of the molecule is Cc1cccc(NC(=O)C2CCCN(C(=O)Cc3csc(Cc4ccccc4)n3)C2)n1. The second kappa shape index (κ2) is 9.83. The lowest BCUT2D eigenvalue weighted by Crippen LogP contribution is -2.44. The Kier molecular flexibility index (Phi) is 6.72. The number of pyridine rings is 1. The first-order valence-corrected chi connectivity index (χ1v) is 11.4. The van der Waals surface area contributed by atoms with Crippen LogP contribution in [-0.4, -0.2) is 39.8 Å². The van der Waals surface area contributed by atoms with E-state index in [1.54, 1.807) is 22.3 Å². The first-order valence-electron chi connectivity index (χ1n) is 10.6. The molecule has 1 aliphatic rings. The number of aryl methyl sites for hydroxylation is 1. The summed E-state index contributed by atoms with van der Waals surface area (Å²) in [4.78, 5) is 36.3. The average molecular weight is 435 g/mol. The molecule has 6 nitrogen and oxygen atoms in total. The zero-order valence-electron chi connectivity index (χ0n) is 17.6. The van der Waals surface area contributed by atoms with Gasteiger partial charge in [0.25, 0.3) is 0 Å². The molecule has 0 spiro atoms. The van der Waals surface area contributed by atoms with Gasteiger partial charge in [0.1, 0.15) is 5.82 Å². The second-order valence-corrected chi connectivity index (χ2v) is 8.85. The minimum absolute atomic E-state index is 0.0303. The zero-order valence-corrected chi connectivity index (χ0v) is 18.4. The number of nitrogens with one attached hydrogen (secondary N) is 1. The lowest BCUT2D eigenvalue weighted by atomic mass is 9.96. The molecule has 31 heavy (non-hydrogen) atoms. The number of amides is 2. The minimum Gasteiger partial charge on any atom is -0.342 e. The van der Waals surface area contributed by atoms with Crippen molar-refractivity contribution in [3.05, 3.63) is 75.9 Å². The van der Waals surface area contributed by atoms with Crippen molar-refractivity contribution in [1.82, 2.24) is 14.9 Å². The molecule has 0 bridgehead atoms. The summed E-state index contributed by atoms with van der Waals surface area (Å²) in [6.45, 7) is 3.02. The number of hydrogen-bond acceptors (Lipinski definition) is 5. The van der Waals surface area contributed by atoms with Crippen molar-refractivity contribution in [2.75, 3.05) is 18.4 Å². The van der Waals surface area contributed by atoms with Gasteiger partial charge >= 0.3 is 0 Å². The number of anilines is 1. The van der Waals surface area contributed by atoms with E-state index in [1.807, 2.05) is 42.6 Å². The predicted molar refractivity (Wildman–Crippen MR) is 122 cm³/mol. The van der Waals surface area contributed by atoms with Gasteiger partial charge in [-0.15, -0.1) is 11.3 Å². The molecule has 3 aromatic rings. The van der Waals surface area contributed by atoms with Crippen molar-refractivity contribution < 1.29 is 9.59 Å². The third-order valence-corrected chi connectivity index (χ3v) is 6.31. The van der Waals surface area contributed by atoms with E-state index in [2.05, 4.69) is 27.4 Å². The second-order valence-electron chi connectivity index (χ2n) is 7.90. The molecular weight excluding hydrogens is 408 g/mol. The molecule has 0 saturated carbocycles. The monoisotopic (exact) mass is 434 g/mol. The summed E-state index contributed by atoms with van der Waals surface area (Å²) in [6.07, 6.45) is 2.65. The number of rotatable bonds is 6. The highest BCUT2D eigenvalue weighted by Crippen LogP contribution is 2.21. The van der Waals surface area contributed by atoms with Gasteiger partial charge in [-0.2, -0.15) is 0 Å². The van der Waals surface area contributed by atoms with Crippen molar-refractivity contribution >= 4 is 29.0 Å². The van der Waals surface area contributed by atoms with E-state index in [0.29, 0.717) is 18.9 Å². The molecule has 3 heterocycles. The number of nitrogens with zero attached hydrogens (tertiary/aromatic N) is 3. The molecule has 1 aliphatic heterocycles. The fraction of sp³-hybridized carbons (Fsp3) is 0.333. The van der Waals surface area contributed by atoms with Gasteiger partial charge in [-0.05, 0) is 37.5 Å². The highest BCUT2D eigenvalue weighted by Gasteiger charge is 2.29. The van der Waals surface area contributed by atoms with E-state index in [4.69, 9.17) is 0 Å². The molecule has 1 atom stereocenters. The maximum absolute atomic E-state index is 12.9. The van der Waals surface area contributed by atoms with E-state index in [-0.39, 0.29) is 24.2 Å². The third-order valence-electron chi connectivity index (χ3n) is 5.41. The van der Waals surface area contributed by atoms with Crippen LogP contribution in [0, 0.1) is 12.8 Å². The topological polar surface area (TPSA) is 75.2 Å². The van der Waals surface area contributed by atoms with Crippen molar-refractivity contribution in [2.24, 2.45) is 5.92 Å². The first-order chi connectivity index (χ1) is 15.1. The molecule has 7 heteroatoms. The van der Waals surface area contributed by atoms with Crippen molar-refractivity contribution in [3.63, 3.8) is 0 Å². The summed E-state index contributed by atoms with van der Waals surface area (Å²) in [6, 6.07) is 15.7. The number of likely N-dealkylation sites (tertiary alicyclic amines) is 1. The van der Waals surface area contributed by atoms with Crippen LogP contribution in [0.25, 0.3) is 0 Å². The molecule has 1 N–H and O–H groups in total. The van der Waals surface area contributed by atoms with Gasteiger partial charge in [0.2, 0.25) is 11.8 Å². The molecule has 160 valence electrons. The Labute approximate surface area is 186 Å². The normalized spacial score (nSPS) is 16.2. The first kappa shape index (κ1) is 21.2. The Balaban J connectivity index is 1.32. The third kappa shape index (κ3) is 5.76. The van der Waals surface area contributed by atoms with Crippen LogP contribution >= 0.6 is 11.3 Å². The van der Waals surface area contributed by atoms with Gasteiger partial charge in [0, 0.05) is 30.6 Å². The molecular formula is C24H26N4O2S. The van der Waals surface area contributed by atoms with Gasteiger partial charge in [-0.25, -0.2) is 9.97 Å². The smallest absolute Gasteiger partial charge is 0.230 e. The Morgan fingerprint density at radius 2 is 1.97 bits per heavy atom. The molecule has 4 rings (SSSR count). The van der Waals surface area contributed by atoms with Gasteiger partial charge in [0.15, 0.2) is 0 Å². The Bertz CT molecular complexity index is 1050. The van der Waals surface area contributed by atoms with Gasteiger partial charge in [0.05, 0.1) is 23.0 Å². The van der Waals surface area contributed by atoms with E-state index >= 15 is 0 Å². The molecule has 1 fully saturated rings. The van der Waals surface area contributed by atoms with Gasteiger partial charge in [-0.3, -0.25) is 9.59 Å². The van der Waals surface area contributed by atoms with Crippen LogP contribution in [-0.2, 0) is 22.4 Å². The average Bonchev–Trinajstić information content (AvgIpc) is 3.21. The predicted octanol–water partition coefficient (Wildman–Crippen LogP) is 3.86. The number of piperidine rings is 1. The van der Waals surface area contributed by atoms with Crippen LogP contribution in [0.1, 0.15) is 34.8 Å². The van der Waals surface area contributed by atoms with Crippen LogP contribution in [0.5, 0.6) is 0 Å². The molecule has 2 amide bonds. The number of carbonyl (C=O) groups excluding carboxylic acids is 2. The van der Waals surface area contributed by atoms with Crippen LogP contribution in [0.2, 0.25) is 0 Å². The summed E-state index contributed by atoms with van der Waals surface area (Å²) in [5.41, 5.74) is 2.87. The van der Waals surface area contributed by atoms with Crippen LogP contribution in [0.4, 0.5) is 5.82 Å². The van der Waals surface area contributed by atoms with E-state index in [0.717, 1.165) is 35.7 Å². The minimum atomic E-state index is -0.218. The molecule has 2 aromatic heterocycles. The lowest BCUT2D eigenvalue weighted by Gasteiger charge is -2.32. The van der Waals surface area contributed by atoms with E-state index in [1.165, 1.54) is 5.56 Å². The fourth-order valence-corrected chi connectivity index (χ4v) is 4.64. The Morgan fingerprint density at radius 1 is 1.13 bits per heavy atom. The quantitative estimate of drug-likeness (QED) is 0.639. The molecule has 1 aromatic carbocycles. The fourth-order valence-electron chi connectivity index (χ4n) is 3.81. The molecule has 0 radical (unpaired) electrons. The van der Waals surface area contributed by atoms with Crippen molar-refractivity contribution in [2.45, 2.75) is 32.6 Å². The highest BCUT2D eigenvalue weighted by molar-refractivity contribution is 7.09. The summed E-state index contributed by atoms with van der Waals surface area (Å²) >= 11 is 1.59. The van der Waals surface area contributed by atoms with Crippen LogP contribution < -0.4 is 5.32 Å². The number of carbonyl (C=O) groups is 2. The molecule has 0 aliphatic carbocycles. The zero-order chi connectivity index (χ0) is 21.6. The van der Waals surface area contributed by atoms with Gasteiger partial charge < -0.3 is 10.2 Å². The maximum atomic E-state index is 12.9. The Hall–Kier alpha value is -3.06. The summed E-state index contributed by atoms with van der Waals surface area (Å²) < 4.78 is 0. The largest absolute Gasteiger partial charge is 0.342 e. The maximum Gasteiger partial charge on any atom is 0.230 e. The number of benzene rings is 1. The molecule has 1 saturated heterocycles. The number of hydrogen-bond donors (Lipinski definition) is 1. The number of thiazole rings is 1. The standard InChI is InChI=1S/C24H26N4O2S/c1-17-7-5-11-21(25-17)27-24(30)19-10-6-12-28(15-19)23(29)14-20-16-31-22(26-20)13-18-8-3-2-4-9-18/h2-5,7-9,11,16,19H,6,10,12-15H2,1H3,(H,25,27,30). The van der Waals surface area contributed by atoms with Crippen LogP contribution in [0.15, 0.2) is 53.9 Å². The van der Waals surface area contributed by atoms with E-state index < -0.39 is 0 Å². The highest BCUT2D eigenvalue weighted by atomic mass is 32.1. The summed E-state index contributed by atoms with van der Waals surface area (Å²) in [5.74, 6) is 0.295. The lowest BCUT2D eigenvalue weighted by molar-refractivity contribution is -0.134. The van der Waals surface area contributed by atoms with Crippen molar-refractivity contribution in [3.8, 4) is 0 Å². The Morgan fingerprint density at radius 3 is 2.77 bits per heavy atom. The van der Waals surface area contributed by atoms with E-state index in [9.17, 15) is 9.59 Å². The summed E-state index contributed by atoms with van der Waals surface area (Å²) in [5, 5.41) is 5.87. The number of aromatic nitrogens is 2. The molecule has 1 unspecified atom stereocenters. The van der Waals surface area contributed by atoms with Gasteiger partial charge in [-0.1, -0.05) is 36.4 Å². The van der Waals surface area contributed by atoms with Crippen LogP contribution in [0.3, 0.4) is 0 Å². The summed E-state index contributed by atoms with van der Waals surface area (Å²) in [7, 11) is 0.